The van der Waals surface area contributed by atoms with Crippen molar-refractivity contribution in [3.8, 4) is 0 Å². The highest BCUT2D eigenvalue weighted by atomic mass is 32.2. The number of rotatable bonds is 4. The van der Waals surface area contributed by atoms with Crippen LogP contribution in [0.15, 0.2) is 104 Å². The molecule has 1 nitrogen and oxygen atoms in total. The minimum absolute atomic E-state index is 1.10. The van der Waals surface area contributed by atoms with E-state index in [1.807, 2.05) is 11.8 Å². The minimum atomic E-state index is 1.10. The first kappa shape index (κ1) is 19.2. The Bertz CT molecular complexity index is 1030. The molecule has 0 saturated carbocycles. The lowest BCUT2D eigenvalue weighted by Gasteiger charge is -2.13. The van der Waals surface area contributed by atoms with Gasteiger partial charge in [-0.15, -0.1) is 0 Å². The maximum absolute atomic E-state index is 4.29. The normalized spacial score (nSPS) is 19.0. The van der Waals surface area contributed by atoms with Crippen LogP contribution in [0, 0.1) is 6.92 Å². The third kappa shape index (κ3) is 3.87. The fourth-order valence-electron chi connectivity index (χ4n) is 3.64. The van der Waals surface area contributed by atoms with Gasteiger partial charge in [-0.25, -0.2) is 0 Å². The second-order valence-corrected chi connectivity index (χ2v) is 9.50. The lowest BCUT2D eigenvalue weighted by atomic mass is 10.1. The van der Waals surface area contributed by atoms with Crippen LogP contribution in [-0.4, -0.2) is 7.05 Å². The van der Waals surface area contributed by atoms with Gasteiger partial charge in [0.1, 0.15) is 0 Å². The van der Waals surface area contributed by atoms with E-state index in [4.69, 9.17) is 0 Å². The second kappa shape index (κ2) is 8.10. The molecule has 1 aliphatic carbocycles. The van der Waals surface area contributed by atoms with Crippen LogP contribution >= 0.6 is 23.5 Å². The zero-order valence-corrected chi connectivity index (χ0v) is 18.3. The van der Waals surface area contributed by atoms with Crippen LogP contribution in [-0.2, 0) is 0 Å². The molecule has 2 aromatic carbocycles. The Morgan fingerprint density at radius 3 is 2.61 bits per heavy atom. The molecule has 2 aliphatic rings. The smallest absolute Gasteiger partial charge is 0.0801 e. The molecule has 0 atom stereocenters. The highest BCUT2D eigenvalue weighted by Crippen LogP contribution is 2.46. The summed E-state index contributed by atoms with van der Waals surface area (Å²) < 4.78 is 0. The molecule has 2 aromatic rings. The van der Waals surface area contributed by atoms with Crippen molar-refractivity contribution < 1.29 is 0 Å². The molecular weight excluding hydrogens is 378 g/mol. The van der Waals surface area contributed by atoms with E-state index in [-0.39, 0.29) is 0 Å². The fourth-order valence-corrected chi connectivity index (χ4v) is 5.62. The Balaban J connectivity index is 1.52. The van der Waals surface area contributed by atoms with Crippen molar-refractivity contribution in [3.63, 3.8) is 0 Å². The summed E-state index contributed by atoms with van der Waals surface area (Å²) in [6.45, 7) is 8.70. The fraction of sp³-hybridized carbons (Fsp3) is 0.200. The van der Waals surface area contributed by atoms with E-state index in [1.54, 1.807) is 11.8 Å². The van der Waals surface area contributed by atoms with Crippen molar-refractivity contribution in [2.24, 2.45) is 0 Å². The van der Waals surface area contributed by atoms with Gasteiger partial charge in [-0.1, -0.05) is 60.4 Å². The van der Waals surface area contributed by atoms with Crippen molar-refractivity contribution in [1.29, 1.82) is 0 Å². The molecule has 1 heterocycles. The van der Waals surface area contributed by atoms with Crippen LogP contribution < -0.4 is 4.90 Å². The van der Waals surface area contributed by atoms with Crippen LogP contribution in [0.3, 0.4) is 0 Å². The van der Waals surface area contributed by atoms with Gasteiger partial charge in [0, 0.05) is 21.7 Å². The highest BCUT2D eigenvalue weighted by molar-refractivity contribution is 8.03. The van der Waals surface area contributed by atoms with Gasteiger partial charge in [-0.2, -0.15) is 0 Å². The van der Waals surface area contributed by atoms with E-state index in [2.05, 4.69) is 93.1 Å². The van der Waals surface area contributed by atoms with E-state index in [0.29, 0.717) is 0 Å². The molecule has 0 spiro atoms. The average molecular weight is 404 g/mol. The Morgan fingerprint density at radius 2 is 1.82 bits per heavy atom. The summed E-state index contributed by atoms with van der Waals surface area (Å²) in [5.41, 5.74) is 6.87. The quantitative estimate of drug-likeness (QED) is 0.481. The lowest BCUT2D eigenvalue weighted by molar-refractivity contribution is 1.03. The first-order valence-corrected chi connectivity index (χ1v) is 11.2. The minimum Gasteiger partial charge on any atom is -0.338 e. The third-order valence-corrected chi connectivity index (χ3v) is 7.59. The molecule has 3 heteroatoms. The van der Waals surface area contributed by atoms with Crippen molar-refractivity contribution >= 4 is 29.2 Å². The third-order valence-electron chi connectivity index (χ3n) is 5.37. The largest absolute Gasteiger partial charge is 0.338 e. The monoisotopic (exact) mass is 403 g/mol. The number of para-hydroxylation sites is 1. The molecule has 4 rings (SSSR count). The molecule has 0 fully saturated rings. The van der Waals surface area contributed by atoms with Crippen molar-refractivity contribution in [2.75, 3.05) is 11.9 Å². The molecule has 1 aliphatic heterocycles. The number of thioether (sulfide) groups is 2. The zero-order valence-electron chi connectivity index (χ0n) is 16.7. The van der Waals surface area contributed by atoms with E-state index < -0.39 is 0 Å². The maximum atomic E-state index is 4.29. The van der Waals surface area contributed by atoms with Crippen LogP contribution in [0.25, 0.3) is 0 Å². The van der Waals surface area contributed by atoms with E-state index in [1.165, 1.54) is 42.8 Å². The molecule has 0 radical (unpaired) electrons. The van der Waals surface area contributed by atoms with Gasteiger partial charge in [0.25, 0.3) is 0 Å². The topological polar surface area (TPSA) is 3.24 Å². The summed E-state index contributed by atoms with van der Waals surface area (Å²) in [7, 11) is 2.16. The van der Waals surface area contributed by atoms with Crippen LogP contribution in [0.2, 0.25) is 0 Å². The summed E-state index contributed by atoms with van der Waals surface area (Å²) in [6, 6.07) is 17.1. The number of aryl methyl sites for hydroxylation is 1. The van der Waals surface area contributed by atoms with Crippen molar-refractivity contribution in [3.05, 3.63) is 99.5 Å². The predicted octanol–water partition coefficient (Wildman–Crippen LogP) is 7.72. The van der Waals surface area contributed by atoms with E-state index >= 15 is 0 Å². The zero-order chi connectivity index (χ0) is 19.7. The molecular formula is C25H25NS2. The summed E-state index contributed by atoms with van der Waals surface area (Å²) >= 11 is 3.63. The molecule has 0 unspecified atom stereocenters. The predicted molar refractivity (Wildman–Crippen MR) is 125 cm³/mol. The molecule has 0 N–H and O–H groups in total. The molecule has 0 bridgehead atoms. The number of hydrogen-bond donors (Lipinski definition) is 0. The summed E-state index contributed by atoms with van der Waals surface area (Å²) in [5, 5.41) is 1.31. The summed E-state index contributed by atoms with van der Waals surface area (Å²) in [5.74, 6) is 0. The molecule has 28 heavy (non-hydrogen) atoms. The maximum Gasteiger partial charge on any atom is 0.0801 e. The summed E-state index contributed by atoms with van der Waals surface area (Å²) in [4.78, 5) is 6.03. The number of nitrogens with zero attached hydrogens (tertiary/aromatic N) is 1. The summed E-state index contributed by atoms with van der Waals surface area (Å²) in [6.07, 6.45) is 6.85. The molecule has 0 amide bonds. The molecule has 0 saturated heterocycles. The number of hydrogen-bond acceptors (Lipinski definition) is 3. The number of fused-ring (bicyclic) bond motifs is 1. The van der Waals surface area contributed by atoms with E-state index in [9.17, 15) is 0 Å². The van der Waals surface area contributed by atoms with Gasteiger partial charge in [0.15, 0.2) is 0 Å². The first-order valence-electron chi connectivity index (χ1n) is 9.58. The molecule has 142 valence electrons. The Kier molecular flexibility index (Phi) is 5.56. The Labute approximate surface area is 176 Å². The van der Waals surface area contributed by atoms with Gasteiger partial charge in [0.2, 0.25) is 0 Å². The lowest BCUT2D eigenvalue weighted by Crippen LogP contribution is -2.09. The standard InChI is InChI=1S/C25H25NS2/c1-17-9-5-7-11-23(17)27-18(2)15-20-13-14-21(19(20)3)16-25-26(4)22-10-6-8-12-24(22)28-25/h5-12,15-16H,2,13-14H2,1,3-4H3/b20-15+,25-16-. The van der Waals surface area contributed by atoms with Gasteiger partial charge >= 0.3 is 0 Å². The van der Waals surface area contributed by atoms with Crippen LogP contribution in [0.5, 0.6) is 0 Å². The number of benzene rings is 2. The Hall–Kier alpha value is -2.10. The Morgan fingerprint density at radius 1 is 1.07 bits per heavy atom. The first-order chi connectivity index (χ1) is 13.5. The van der Waals surface area contributed by atoms with Gasteiger partial charge in [0.05, 0.1) is 10.7 Å². The highest BCUT2D eigenvalue weighted by Gasteiger charge is 2.23. The number of anilines is 1. The second-order valence-electron chi connectivity index (χ2n) is 7.27. The SMILES string of the molecule is C=C(/C=C1\CCC(/C=C2\Sc3ccccc3N2C)=C1C)Sc1ccccc1C. The number of allylic oxidation sites excluding steroid dienone is 5. The van der Waals surface area contributed by atoms with Crippen molar-refractivity contribution in [2.45, 2.75) is 36.5 Å². The average Bonchev–Trinajstić information content (AvgIpc) is 3.18. The van der Waals surface area contributed by atoms with Gasteiger partial charge in [-0.05, 0) is 79.3 Å². The molecule has 0 aromatic heterocycles. The van der Waals surface area contributed by atoms with Crippen LogP contribution in [0.4, 0.5) is 5.69 Å². The van der Waals surface area contributed by atoms with Crippen LogP contribution in [0.1, 0.15) is 25.3 Å². The van der Waals surface area contributed by atoms with Gasteiger partial charge in [-0.3, -0.25) is 0 Å². The van der Waals surface area contributed by atoms with Gasteiger partial charge < -0.3 is 4.90 Å². The van der Waals surface area contributed by atoms with E-state index in [0.717, 1.165) is 17.7 Å². The van der Waals surface area contributed by atoms with Crippen molar-refractivity contribution in [1.82, 2.24) is 0 Å².